The fraction of sp³-hybridized carbons (Fsp3) is 0.474. The van der Waals surface area contributed by atoms with Crippen LogP contribution in [-0.4, -0.2) is 49.9 Å². The summed E-state index contributed by atoms with van der Waals surface area (Å²) in [4.78, 5) is 27.0. The number of urea groups is 1. The molecule has 1 fully saturated rings. The normalized spacial score (nSPS) is 19.7. The van der Waals surface area contributed by atoms with Crippen molar-refractivity contribution in [3.63, 3.8) is 0 Å². The molecule has 0 aromatic heterocycles. The highest BCUT2D eigenvalue weighted by Gasteiger charge is 2.43. The van der Waals surface area contributed by atoms with Crippen LogP contribution in [0.1, 0.15) is 31.4 Å². The maximum Gasteiger partial charge on any atom is 0.387 e. The van der Waals surface area contributed by atoms with Crippen LogP contribution < -0.4 is 10.1 Å². The first-order chi connectivity index (χ1) is 13.4. The van der Waals surface area contributed by atoms with Gasteiger partial charge in [-0.15, -0.1) is 0 Å². The number of rotatable bonds is 8. The average molecular weight is 396 g/mol. The predicted molar refractivity (Wildman–Crippen MR) is 94.7 cm³/mol. The van der Waals surface area contributed by atoms with Gasteiger partial charge in [-0.2, -0.15) is 8.78 Å². The lowest BCUT2D eigenvalue weighted by atomic mass is 9.94. The van der Waals surface area contributed by atoms with Crippen molar-refractivity contribution in [2.45, 2.75) is 38.5 Å². The maximum atomic E-state index is 12.8. The number of ether oxygens (including phenoxy) is 3. The van der Waals surface area contributed by atoms with Gasteiger partial charge >= 0.3 is 18.6 Å². The van der Waals surface area contributed by atoms with E-state index < -0.39 is 18.6 Å². The Balaban J connectivity index is 2.01. The van der Waals surface area contributed by atoms with Crippen LogP contribution >= 0.6 is 0 Å². The number of nitrogens with one attached hydrogen (secondary N) is 1. The van der Waals surface area contributed by atoms with Crippen LogP contribution in [0.3, 0.4) is 0 Å². The lowest BCUT2D eigenvalue weighted by Crippen LogP contribution is -2.49. The second kappa shape index (κ2) is 8.55. The van der Waals surface area contributed by atoms with E-state index in [-0.39, 0.29) is 42.2 Å². The second-order valence-electron chi connectivity index (χ2n) is 6.53. The van der Waals surface area contributed by atoms with Gasteiger partial charge in [0, 0.05) is 24.4 Å². The minimum atomic E-state index is -3.04. The first kappa shape index (κ1) is 20.1. The molecular formula is C19H22F2N2O5. The van der Waals surface area contributed by atoms with Crippen LogP contribution in [0.25, 0.3) is 0 Å². The Bertz CT molecular complexity index is 779. The van der Waals surface area contributed by atoms with E-state index in [1.165, 1.54) is 30.2 Å². The highest BCUT2D eigenvalue weighted by Crippen LogP contribution is 2.40. The van der Waals surface area contributed by atoms with Crippen molar-refractivity contribution in [1.29, 1.82) is 0 Å². The lowest BCUT2D eigenvalue weighted by molar-refractivity contribution is -0.140. The molecule has 9 heteroatoms. The van der Waals surface area contributed by atoms with Gasteiger partial charge in [0.25, 0.3) is 0 Å². The molecule has 0 bridgehead atoms. The number of alkyl halides is 2. The van der Waals surface area contributed by atoms with E-state index in [0.717, 1.165) is 12.8 Å². The molecule has 28 heavy (non-hydrogen) atoms. The number of allylic oxidation sites excluding steroid dienone is 1. The second-order valence-corrected chi connectivity index (χ2v) is 6.53. The number of amides is 2. The smallest absolute Gasteiger partial charge is 0.387 e. The summed E-state index contributed by atoms with van der Waals surface area (Å²) >= 11 is 0. The number of carbonyl (C=O) groups excluding carboxylic acids is 2. The van der Waals surface area contributed by atoms with Gasteiger partial charge in [-0.25, -0.2) is 9.59 Å². The summed E-state index contributed by atoms with van der Waals surface area (Å²) in [6.45, 7) is -1.13. The summed E-state index contributed by atoms with van der Waals surface area (Å²) in [5.41, 5.74) is 0.892. The molecule has 1 saturated carbocycles. The Morgan fingerprint density at radius 1 is 1.29 bits per heavy atom. The first-order valence-corrected chi connectivity index (χ1v) is 8.94. The van der Waals surface area contributed by atoms with Crippen LogP contribution in [-0.2, 0) is 14.3 Å². The van der Waals surface area contributed by atoms with Gasteiger partial charge in [0.1, 0.15) is 12.4 Å². The van der Waals surface area contributed by atoms with Crippen LogP contribution in [0.5, 0.6) is 5.75 Å². The van der Waals surface area contributed by atoms with E-state index in [1.807, 2.05) is 0 Å². The van der Waals surface area contributed by atoms with Crippen LogP contribution in [0, 0.1) is 0 Å². The Hall–Kier alpha value is -2.68. The van der Waals surface area contributed by atoms with Gasteiger partial charge in [-0.3, -0.25) is 4.90 Å². The van der Waals surface area contributed by atoms with Crippen molar-refractivity contribution in [3.8, 4) is 5.75 Å². The SMILES string of the molecule is COCCOC(=O)C1=C(C)N(C2CC2)C(=O)NC1c1ccccc1OC(F)F. The fourth-order valence-electron chi connectivity index (χ4n) is 3.25. The molecule has 0 saturated heterocycles. The molecule has 2 aliphatic rings. The largest absolute Gasteiger partial charge is 0.460 e. The van der Waals surface area contributed by atoms with Crippen molar-refractivity contribution in [1.82, 2.24) is 10.2 Å². The molecule has 7 nitrogen and oxygen atoms in total. The quantitative estimate of drug-likeness (QED) is 0.540. The molecular weight excluding hydrogens is 374 g/mol. The topological polar surface area (TPSA) is 77.1 Å². The molecule has 0 radical (unpaired) electrons. The number of methoxy groups -OCH3 is 1. The highest BCUT2D eigenvalue weighted by atomic mass is 19.3. The fourth-order valence-corrected chi connectivity index (χ4v) is 3.25. The molecule has 1 aliphatic carbocycles. The standard InChI is InChI=1S/C19H22F2N2O5/c1-11-15(17(24)27-10-9-26-2)16(22-19(25)23(11)12-7-8-12)13-5-3-4-6-14(13)28-18(20)21/h3-6,12,16,18H,7-10H2,1-2H3,(H,22,25). The third-order valence-corrected chi connectivity index (χ3v) is 4.63. The van der Waals surface area contributed by atoms with Gasteiger partial charge in [-0.05, 0) is 25.8 Å². The summed E-state index contributed by atoms with van der Waals surface area (Å²) in [6, 6.07) is 4.73. The summed E-state index contributed by atoms with van der Waals surface area (Å²) in [7, 11) is 1.48. The van der Waals surface area contributed by atoms with E-state index in [9.17, 15) is 18.4 Å². The van der Waals surface area contributed by atoms with E-state index in [0.29, 0.717) is 5.70 Å². The number of hydrogen-bond acceptors (Lipinski definition) is 5. The van der Waals surface area contributed by atoms with Crippen LogP contribution in [0.15, 0.2) is 35.5 Å². The zero-order chi connectivity index (χ0) is 20.3. The van der Waals surface area contributed by atoms with Gasteiger partial charge in [0.2, 0.25) is 0 Å². The third kappa shape index (κ3) is 4.24. The van der Waals surface area contributed by atoms with Gasteiger partial charge < -0.3 is 19.5 Å². The summed E-state index contributed by atoms with van der Waals surface area (Å²) in [5.74, 6) is -0.755. The first-order valence-electron chi connectivity index (χ1n) is 8.94. The molecule has 1 heterocycles. The van der Waals surface area contributed by atoms with Crippen molar-refractivity contribution in [3.05, 3.63) is 41.1 Å². The van der Waals surface area contributed by atoms with Crippen LogP contribution in [0.2, 0.25) is 0 Å². The van der Waals surface area contributed by atoms with Crippen molar-refractivity contribution >= 4 is 12.0 Å². The number of halogens is 2. The molecule has 152 valence electrons. The number of hydrogen-bond donors (Lipinski definition) is 1. The number of esters is 1. The van der Waals surface area contributed by atoms with E-state index in [1.54, 1.807) is 13.0 Å². The molecule has 1 aliphatic heterocycles. The van der Waals surface area contributed by atoms with Gasteiger partial charge in [0.15, 0.2) is 0 Å². The Morgan fingerprint density at radius 3 is 2.64 bits per heavy atom. The Labute approximate surface area is 161 Å². The van der Waals surface area contributed by atoms with Crippen molar-refractivity contribution in [2.24, 2.45) is 0 Å². The molecule has 0 spiro atoms. The number of benzene rings is 1. The maximum absolute atomic E-state index is 12.8. The molecule has 1 aromatic carbocycles. The predicted octanol–water partition coefficient (Wildman–Crippen LogP) is 2.98. The van der Waals surface area contributed by atoms with Gasteiger partial charge in [0.05, 0.1) is 18.2 Å². The number of nitrogens with zero attached hydrogens (tertiary/aromatic N) is 1. The van der Waals surface area contributed by atoms with E-state index >= 15 is 0 Å². The molecule has 1 N–H and O–H groups in total. The molecule has 3 rings (SSSR count). The zero-order valence-corrected chi connectivity index (χ0v) is 15.6. The highest BCUT2D eigenvalue weighted by molar-refractivity contribution is 5.95. The summed E-state index contributed by atoms with van der Waals surface area (Å²) < 4.78 is 40.4. The average Bonchev–Trinajstić information content (AvgIpc) is 3.46. The number of para-hydroxylation sites is 1. The minimum absolute atomic E-state index is 0.0234. The van der Waals surface area contributed by atoms with Crippen LogP contribution in [0.4, 0.5) is 13.6 Å². The van der Waals surface area contributed by atoms with Crippen molar-refractivity contribution < 1.29 is 32.6 Å². The third-order valence-electron chi connectivity index (χ3n) is 4.63. The monoisotopic (exact) mass is 396 g/mol. The molecule has 2 amide bonds. The Kier molecular flexibility index (Phi) is 6.13. The van der Waals surface area contributed by atoms with E-state index in [2.05, 4.69) is 10.1 Å². The minimum Gasteiger partial charge on any atom is -0.460 e. The zero-order valence-electron chi connectivity index (χ0n) is 15.6. The lowest BCUT2D eigenvalue weighted by Gasteiger charge is -2.36. The number of carbonyl (C=O) groups is 2. The summed E-state index contributed by atoms with van der Waals surface area (Å²) in [5, 5.41) is 2.74. The Morgan fingerprint density at radius 2 is 2.00 bits per heavy atom. The molecule has 1 aromatic rings. The molecule has 1 unspecified atom stereocenters. The molecule has 1 atom stereocenters. The summed E-state index contributed by atoms with van der Waals surface area (Å²) in [6.07, 6.45) is 1.68. The van der Waals surface area contributed by atoms with E-state index in [4.69, 9.17) is 9.47 Å². The van der Waals surface area contributed by atoms with Crippen molar-refractivity contribution in [2.75, 3.05) is 20.3 Å². The van der Waals surface area contributed by atoms with Gasteiger partial charge in [-0.1, -0.05) is 18.2 Å².